The van der Waals surface area contributed by atoms with Gasteiger partial charge in [-0.1, -0.05) is 0 Å². The summed E-state index contributed by atoms with van der Waals surface area (Å²) < 4.78 is 0.844. The molecule has 0 rings (SSSR count). The SMILES string of the molecule is C[N+](C)(C)CCO.[As+3]. The van der Waals surface area contributed by atoms with Crippen LogP contribution in [-0.4, -0.2) is 61.8 Å². The van der Waals surface area contributed by atoms with Crippen molar-refractivity contribution in [3.05, 3.63) is 0 Å². The Morgan fingerprint density at radius 1 is 1.25 bits per heavy atom. The van der Waals surface area contributed by atoms with Gasteiger partial charge in [0, 0.05) is 0 Å². The molecule has 0 aromatic rings. The maximum absolute atomic E-state index is 8.39. The van der Waals surface area contributed by atoms with Crippen LogP contribution in [0.2, 0.25) is 0 Å². The molecule has 0 unspecified atom stereocenters. The topological polar surface area (TPSA) is 20.2 Å². The summed E-state index contributed by atoms with van der Waals surface area (Å²) in [4.78, 5) is 0. The van der Waals surface area contributed by atoms with Crippen molar-refractivity contribution in [3.63, 3.8) is 0 Å². The van der Waals surface area contributed by atoms with E-state index in [1.54, 1.807) is 0 Å². The zero-order chi connectivity index (χ0) is 5.91. The molecule has 3 heteroatoms. The molecule has 2 nitrogen and oxygen atoms in total. The number of hydrogen-bond donors (Lipinski definition) is 1. The number of nitrogens with zero attached hydrogens (tertiary/aromatic N) is 1. The first-order valence-corrected chi connectivity index (χ1v) is 2.47. The van der Waals surface area contributed by atoms with Gasteiger partial charge < -0.3 is 9.59 Å². The molecular weight excluding hydrogens is 165 g/mol. The van der Waals surface area contributed by atoms with E-state index in [-0.39, 0.29) is 24.6 Å². The van der Waals surface area contributed by atoms with Crippen molar-refractivity contribution in [2.45, 2.75) is 0 Å². The maximum atomic E-state index is 8.39. The third kappa shape index (κ3) is 9.69. The molecule has 0 saturated heterocycles. The zero-order valence-electron chi connectivity index (χ0n) is 5.76. The Morgan fingerprint density at radius 2 is 1.62 bits per heavy atom. The summed E-state index contributed by atoms with van der Waals surface area (Å²) in [6.45, 7) is 1.11. The first-order chi connectivity index (χ1) is 3.06. The number of rotatable bonds is 2. The van der Waals surface area contributed by atoms with Crippen LogP contribution in [0, 0.1) is 0 Å². The van der Waals surface area contributed by atoms with Gasteiger partial charge in [0.2, 0.25) is 0 Å². The van der Waals surface area contributed by atoms with E-state index in [0.29, 0.717) is 0 Å². The van der Waals surface area contributed by atoms with E-state index in [9.17, 15) is 0 Å². The van der Waals surface area contributed by atoms with Crippen molar-refractivity contribution in [2.75, 3.05) is 34.3 Å². The summed E-state index contributed by atoms with van der Waals surface area (Å²) in [6, 6.07) is 0. The molecule has 0 aromatic carbocycles. The largest absolute Gasteiger partial charge is 3.00 e. The summed E-state index contributed by atoms with van der Waals surface area (Å²) in [7, 11) is 6.16. The van der Waals surface area contributed by atoms with Gasteiger partial charge in [0.25, 0.3) is 0 Å². The molecule has 0 amide bonds. The van der Waals surface area contributed by atoms with Crippen molar-refractivity contribution < 1.29 is 9.59 Å². The minimum atomic E-state index is 0. The third-order valence-electron chi connectivity index (χ3n) is 0.771. The smallest absolute Gasteiger partial charge is 0.391 e. The third-order valence-corrected chi connectivity index (χ3v) is 0.771. The van der Waals surface area contributed by atoms with Gasteiger partial charge in [0.15, 0.2) is 0 Å². The van der Waals surface area contributed by atoms with Gasteiger partial charge in [-0.15, -0.1) is 0 Å². The fourth-order valence-corrected chi connectivity index (χ4v) is 0.300. The molecule has 0 heterocycles. The first-order valence-electron chi connectivity index (χ1n) is 2.47. The van der Waals surface area contributed by atoms with Gasteiger partial charge in [0.05, 0.1) is 27.7 Å². The molecule has 1 N–H and O–H groups in total. The van der Waals surface area contributed by atoms with Crippen LogP contribution < -0.4 is 0 Å². The molecule has 0 aromatic heterocycles. The summed E-state index contributed by atoms with van der Waals surface area (Å²) in [5.74, 6) is 0. The Hall–Kier alpha value is 0.478. The van der Waals surface area contributed by atoms with Crippen molar-refractivity contribution in [1.29, 1.82) is 0 Å². The van der Waals surface area contributed by atoms with Crippen molar-refractivity contribution in [2.24, 2.45) is 0 Å². The van der Waals surface area contributed by atoms with Crippen LogP contribution in [0.4, 0.5) is 0 Å². The van der Waals surface area contributed by atoms with Crippen molar-refractivity contribution in [3.8, 4) is 0 Å². The van der Waals surface area contributed by atoms with E-state index in [4.69, 9.17) is 5.11 Å². The quantitative estimate of drug-likeness (QED) is 0.439. The van der Waals surface area contributed by atoms with Crippen molar-refractivity contribution >= 4 is 18.0 Å². The van der Waals surface area contributed by atoms with Gasteiger partial charge in [0.1, 0.15) is 6.54 Å². The molecule has 0 aliphatic rings. The zero-order valence-corrected chi connectivity index (χ0v) is 7.63. The van der Waals surface area contributed by atoms with E-state index in [2.05, 4.69) is 21.1 Å². The van der Waals surface area contributed by atoms with Crippen LogP contribution in [0.5, 0.6) is 0 Å². The standard InChI is InChI=1S/C5H14NO.As/c1-6(2,3)4-5-7;/h7H,4-5H2,1-3H3;/q+1;+3. The predicted molar refractivity (Wildman–Crippen MR) is 35.7 cm³/mol. The number of aliphatic hydroxyl groups excluding tert-OH is 1. The van der Waals surface area contributed by atoms with Crippen LogP contribution >= 0.6 is 0 Å². The molecule has 0 fully saturated rings. The first kappa shape index (κ1) is 11.3. The summed E-state index contributed by atoms with van der Waals surface area (Å²) in [5, 5.41) is 8.39. The molecular formula is C5H14AsNO+4. The van der Waals surface area contributed by atoms with Gasteiger partial charge >= 0.3 is 18.0 Å². The normalized spacial score (nSPS) is 10.5. The predicted octanol–water partition coefficient (Wildman–Crippen LogP) is -0.696. The molecule has 0 spiro atoms. The number of aliphatic hydroxyl groups is 1. The molecule has 8 heavy (non-hydrogen) atoms. The Kier molecular flexibility index (Phi) is 6.17. The summed E-state index contributed by atoms with van der Waals surface area (Å²) in [5.41, 5.74) is 0. The van der Waals surface area contributed by atoms with E-state index in [1.165, 1.54) is 0 Å². The molecule has 46 valence electrons. The van der Waals surface area contributed by atoms with Gasteiger partial charge in [-0.25, -0.2) is 0 Å². The van der Waals surface area contributed by atoms with Crippen LogP contribution in [0.3, 0.4) is 0 Å². The van der Waals surface area contributed by atoms with Crippen molar-refractivity contribution in [1.82, 2.24) is 0 Å². The van der Waals surface area contributed by atoms with Crippen LogP contribution in [0.25, 0.3) is 0 Å². The fourth-order valence-electron chi connectivity index (χ4n) is 0.300. The minimum Gasteiger partial charge on any atom is -0.391 e. The Bertz CT molecular complexity index is 50.9. The van der Waals surface area contributed by atoms with Gasteiger partial charge in [-0.05, 0) is 0 Å². The fraction of sp³-hybridized carbons (Fsp3) is 1.00. The summed E-state index contributed by atoms with van der Waals surface area (Å²) >= 11 is 0. The molecule has 0 aliphatic heterocycles. The van der Waals surface area contributed by atoms with Gasteiger partial charge in [-0.3, -0.25) is 0 Å². The number of likely N-dealkylation sites (N-methyl/N-ethyl adjacent to an activating group) is 1. The van der Waals surface area contributed by atoms with Crippen LogP contribution in [0.1, 0.15) is 0 Å². The Morgan fingerprint density at radius 3 is 1.62 bits per heavy atom. The molecule has 0 atom stereocenters. The van der Waals surface area contributed by atoms with E-state index in [0.717, 1.165) is 11.0 Å². The molecule has 2 radical (unpaired) electrons. The number of quaternary nitrogens is 1. The average molecular weight is 179 g/mol. The molecule has 0 aliphatic carbocycles. The second-order valence-corrected chi connectivity index (χ2v) is 2.74. The Labute approximate surface area is 62.4 Å². The van der Waals surface area contributed by atoms with E-state index < -0.39 is 0 Å². The molecule has 0 saturated carbocycles. The minimum absolute atomic E-state index is 0. The van der Waals surface area contributed by atoms with E-state index in [1.807, 2.05) is 0 Å². The maximum Gasteiger partial charge on any atom is 3.00 e. The monoisotopic (exact) mass is 179 g/mol. The second kappa shape index (κ2) is 4.37. The molecule has 0 bridgehead atoms. The van der Waals surface area contributed by atoms with Gasteiger partial charge in [-0.2, -0.15) is 0 Å². The Balaban J connectivity index is 0. The summed E-state index contributed by atoms with van der Waals surface area (Å²) in [6.07, 6.45) is 0. The number of hydrogen-bond acceptors (Lipinski definition) is 1. The second-order valence-electron chi connectivity index (χ2n) is 2.74. The van der Waals surface area contributed by atoms with Crippen LogP contribution in [-0.2, 0) is 0 Å². The van der Waals surface area contributed by atoms with E-state index >= 15 is 0 Å². The average Bonchev–Trinajstić information content (AvgIpc) is 1.30. The van der Waals surface area contributed by atoms with Crippen LogP contribution in [0.15, 0.2) is 0 Å².